The van der Waals surface area contributed by atoms with Gasteiger partial charge in [0.25, 0.3) is 0 Å². The van der Waals surface area contributed by atoms with E-state index < -0.39 is 0 Å². The fraction of sp³-hybridized carbons (Fsp3) is 0.562. The third kappa shape index (κ3) is 4.00. The van der Waals surface area contributed by atoms with Gasteiger partial charge < -0.3 is 5.32 Å². The molecule has 0 aromatic heterocycles. The van der Waals surface area contributed by atoms with Gasteiger partial charge in [0, 0.05) is 30.4 Å². The molecular weight excluding hydrogens is 268 g/mol. The number of nitrogens with one attached hydrogen (secondary N) is 1. The van der Waals surface area contributed by atoms with Crippen LogP contribution in [-0.4, -0.2) is 35.4 Å². The minimum Gasteiger partial charge on any atom is -0.326 e. The second kappa shape index (κ2) is 7.14. The number of rotatable bonds is 5. The van der Waals surface area contributed by atoms with Gasteiger partial charge in [-0.25, -0.2) is 0 Å². The molecule has 110 valence electrons. The SMILES string of the molecule is CS[C@@H]1CCC[C@H]1N(C)Cc1cccc(NC(C)=O)c1. The summed E-state index contributed by atoms with van der Waals surface area (Å²) in [7, 11) is 2.21. The second-order valence-electron chi connectivity index (χ2n) is 5.57. The van der Waals surface area contributed by atoms with Crippen LogP contribution < -0.4 is 5.32 Å². The van der Waals surface area contributed by atoms with Crippen LogP contribution in [0, 0.1) is 0 Å². The number of hydrogen-bond acceptors (Lipinski definition) is 3. The Balaban J connectivity index is 2.00. The largest absolute Gasteiger partial charge is 0.326 e. The number of anilines is 1. The molecule has 1 aromatic carbocycles. The van der Waals surface area contributed by atoms with Crippen LogP contribution >= 0.6 is 11.8 Å². The topological polar surface area (TPSA) is 32.3 Å². The molecule has 20 heavy (non-hydrogen) atoms. The monoisotopic (exact) mass is 292 g/mol. The normalized spacial score (nSPS) is 22.2. The summed E-state index contributed by atoms with van der Waals surface area (Å²) in [5.74, 6) is -0.0197. The first-order valence-electron chi connectivity index (χ1n) is 7.19. The highest BCUT2D eigenvalue weighted by Gasteiger charge is 2.29. The number of thioether (sulfide) groups is 1. The number of carbonyl (C=O) groups is 1. The van der Waals surface area contributed by atoms with Crippen LogP contribution in [0.5, 0.6) is 0 Å². The summed E-state index contributed by atoms with van der Waals surface area (Å²) in [6, 6.07) is 8.82. The van der Waals surface area contributed by atoms with Crippen molar-refractivity contribution >= 4 is 23.4 Å². The highest BCUT2D eigenvalue weighted by Crippen LogP contribution is 2.32. The Bertz CT molecular complexity index is 464. The van der Waals surface area contributed by atoms with Crippen LogP contribution in [0.1, 0.15) is 31.7 Å². The van der Waals surface area contributed by atoms with E-state index in [9.17, 15) is 4.79 Å². The van der Waals surface area contributed by atoms with Crippen LogP contribution in [0.4, 0.5) is 5.69 Å². The Morgan fingerprint density at radius 3 is 2.95 bits per heavy atom. The van der Waals surface area contributed by atoms with Crippen molar-refractivity contribution in [2.24, 2.45) is 0 Å². The molecule has 1 aliphatic carbocycles. The zero-order valence-electron chi connectivity index (χ0n) is 12.6. The van der Waals surface area contributed by atoms with Crippen LogP contribution in [0.3, 0.4) is 0 Å². The lowest BCUT2D eigenvalue weighted by molar-refractivity contribution is -0.114. The minimum atomic E-state index is -0.0197. The molecule has 1 fully saturated rings. The van der Waals surface area contributed by atoms with Crippen LogP contribution in [0.15, 0.2) is 24.3 Å². The van der Waals surface area contributed by atoms with Gasteiger partial charge in [0.15, 0.2) is 0 Å². The molecule has 2 rings (SSSR count). The summed E-state index contributed by atoms with van der Waals surface area (Å²) in [6.45, 7) is 2.48. The van der Waals surface area contributed by atoms with E-state index in [0.717, 1.165) is 17.5 Å². The van der Waals surface area contributed by atoms with Crippen molar-refractivity contribution in [3.63, 3.8) is 0 Å². The van der Waals surface area contributed by atoms with Gasteiger partial charge in [0.2, 0.25) is 5.91 Å². The lowest BCUT2D eigenvalue weighted by atomic mass is 10.1. The fourth-order valence-corrected chi connectivity index (χ4v) is 4.10. The molecule has 0 saturated heterocycles. The summed E-state index contributed by atoms with van der Waals surface area (Å²) in [4.78, 5) is 13.6. The lowest BCUT2D eigenvalue weighted by Crippen LogP contribution is -2.35. The molecule has 0 aliphatic heterocycles. The summed E-state index contributed by atoms with van der Waals surface area (Å²) in [5.41, 5.74) is 2.14. The van der Waals surface area contributed by atoms with E-state index in [-0.39, 0.29) is 5.91 Å². The summed E-state index contributed by atoms with van der Waals surface area (Å²) in [5, 5.41) is 3.61. The van der Waals surface area contributed by atoms with Gasteiger partial charge in [0.1, 0.15) is 0 Å². The smallest absolute Gasteiger partial charge is 0.221 e. The first-order valence-corrected chi connectivity index (χ1v) is 8.48. The average molecular weight is 292 g/mol. The summed E-state index contributed by atoms with van der Waals surface area (Å²) in [6.07, 6.45) is 6.19. The van der Waals surface area contributed by atoms with Gasteiger partial charge in [-0.05, 0) is 43.8 Å². The zero-order chi connectivity index (χ0) is 14.5. The molecule has 2 atom stereocenters. The Kier molecular flexibility index (Phi) is 5.49. The van der Waals surface area contributed by atoms with E-state index in [2.05, 4.69) is 35.7 Å². The first kappa shape index (κ1) is 15.4. The van der Waals surface area contributed by atoms with Gasteiger partial charge >= 0.3 is 0 Å². The molecule has 0 spiro atoms. The van der Waals surface area contributed by atoms with E-state index >= 15 is 0 Å². The van der Waals surface area contributed by atoms with Crippen molar-refractivity contribution in [1.82, 2.24) is 4.90 Å². The number of nitrogens with zero attached hydrogens (tertiary/aromatic N) is 1. The molecule has 3 nitrogen and oxygen atoms in total. The van der Waals surface area contributed by atoms with Gasteiger partial charge in [-0.3, -0.25) is 9.69 Å². The van der Waals surface area contributed by atoms with E-state index in [1.165, 1.54) is 24.8 Å². The Hall–Kier alpha value is -1.00. The van der Waals surface area contributed by atoms with E-state index in [4.69, 9.17) is 0 Å². The third-order valence-corrected chi connectivity index (χ3v) is 5.12. The maximum atomic E-state index is 11.1. The molecule has 0 radical (unpaired) electrons. The van der Waals surface area contributed by atoms with Crippen molar-refractivity contribution in [2.45, 2.75) is 44.0 Å². The Morgan fingerprint density at radius 1 is 1.45 bits per heavy atom. The molecule has 1 N–H and O–H groups in total. The zero-order valence-corrected chi connectivity index (χ0v) is 13.4. The molecule has 1 aromatic rings. The highest BCUT2D eigenvalue weighted by molar-refractivity contribution is 7.99. The molecule has 0 unspecified atom stereocenters. The van der Waals surface area contributed by atoms with Crippen LogP contribution in [0.25, 0.3) is 0 Å². The molecule has 1 amide bonds. The van der Waals surface area contributed by atoms with Gasteiger partial charge in [-0.15, -0.1) is 0 Å². The Morgan fingerprint density at radius 2 is 2.25 bits per heavy atom. The quantitative estimate of drug-likeness (QED) is 0.903. The van der Waals surface area contributed by atoms with Crippen LogP contribution in [0.2, 0.25) is 0 Å². The van der Waals surface area contributed by atoms with E-state index in [1.54, 1.807) is 6.92 Å². The van der Waals surface area contributed by atoms with Crippen molar-refractivity contribution in [2.75, 3.05) is 18.6 Å². The minimum absolute atomic E-state index is 0.0197. The molecule has 0 bridgehead atoms. The van der Waals surface area contributed by atoms with Gasteiger partial charge in [-0.1, -0.05) is 18.6 Å². The molecule has 1 saturated carbocycles. The number of amides is 1. The predicted molar refractivity (Wildman–Crippen MR) is 87.2 cm³/mol. The number of hydrogen-bond donors (Lipinski definition) is 1. The second-order valence-corrected chi connectivity index (χ2v) is 6.65. The fourth-order valence-electron chi connectivity index (χ4n) is 3.04. The maximum absolute atomic E-state index is 11.1. The standard InChI is InChI=1S/C16H24N2OS/c1-12(19)17-14-7-4-6-13(10-14)11-18(2)15-8-5-9-16(15)20-3/h4,6-7,10,15-16H,5,8-9,11H2,1-3H3,(H,17,19)/t15-,16-/m1/s1. The van der Waals surface area contributed by atoms with Gasteiger partial charge in [-0.2, -0.15) is 11.8 Å². The number of benzene rings is 1. The maximum Gasteiger partial charge on any atom is 0.221 e. The number of carbonyl (C=O) groups excluding carboxylic acids is 1. The molecule has 1 aliphatic rings. The first-order chi connectivity index (χ1) is 9.60. The molecule has 0 heterocycles. The summed E-state index contributed by atoms with van der Waals surface area (Å²) >= 11 is 1.99. The van der Waals surface area contributed by atoms with E-state index in [1.807, 2.05) is 23.9 Å². The molecular formula is C16H24N2OS. The molecule has 4 heteroatoms. The highest BCUT2D eigenvalue weighted by atomic mass is 32.2. The van der Waals surface area contributed by atoms with Crippen molar-refractivity contribution < 1.29 is 4.79 Å². The van der Waals surface area contributed by atoms with Crippen molar-refractivity contribution in [3.8, 4) is 0 Å². The van der Waals surface area contributed by atoms with Crippen LogP contribution in [-0.2, 0) is 11.3 Å². The third-order valence-electron chi connectivity index (χ3n) is 3.97. The summed E-state index contributed by atoms with van der Waals surface area (Å²) < 4.78 is 0. The van der Waals surface area contributed by atoms with E-state index in [0.29, 0.717) is 6.04 Å². The predicted octanol–water partition coefficient (Wildman–Crippen LogP) is 3.36. The average Bonchev–Trinajstić information content (AvgIpc) is 2.86. The lowest BCUT2D eigenvalue weighted by Gasteiger charge is -2.29. The van der Waals surface area contributed by atoms with Gasteiger partial charge in [0.05, 0.1) is 0 Å². The van der Waals surface area contributed by atoms with Crippen molar-refractivity contribution in [1.29, 1.82) is 0 Å². The van der Waals surface area contributed by atoms with Crippen molar-refractivity contribution in [3.05, 3.63) is 29.8 Å². The Labute approximate surface area is 126 Å².